The highest BCUT2D eigenvalue weighted by Crippen LogP contribution is 2.32. The molecule has 1 aromatic carbocycles. The standard InChI is InChI=1S/C13H13NO3S2/c1-3-11(15)17-12(16)8(2)18-13-14-9-6-4-5-7-10(9)19-13/h4-8H,3H2,1-2H3. The van der Waals surface area contributed by atoms with Gasteiger partial charge in [-0.2, -0.15) is 0 Å². The summed E-state index contributed by atoms with van der Waals surface area (Å²) in [6.45, 7) is 3.36. The number of hydrogen-bond acceptors (Lipinski definition) is 6. The van der Waals surface area contributed by atoms with E-state index >= 15 is 0 Å². The van der Waals surface area contributed by atoms with Gasteiger partial charge in [0.15, 0.2) is 4.34 Å². The Morgan fingerprint density at radius 2 is 2.16 bits per heavy atom. The van der Waals surface area contributed by atoms with E-state index in [-0.39, 0.29) is 6.42 Å². The summed E-state index contributed by atoms with van der Waals surface area (Å²) < 4.78 is 6.57. The van der Waals surface area contributed by atoms with Crippen molar-refractivity contribution < 1.29 is 14.3 Å². The van der Waals surface area contributed by atoms with Gasteiger partial charge in [-0.1, -0.05) is 30.8 Å². The van der Waals surface area contributed by atoms with Crippen molar-refractivity contribution in [3.63, 3.8) is 0 Å². The van der Waals surface area contributed by atoms with E-state index in [1.165, 1.54) is 23.1 Å². The normalized spacial score (nSPS) is 12.3. The van der Waals surface area contributed by atoms with Crippen molar-refractivity contribution in [3.8, 4) is 0 Å². The molecule has 2 rings (SSSR count). The van der Waals surface area contributed by atoms with Crippen LogP contribution in [0, 0.1) is 0 Å². The topological polar surface area (TPSA) is 56.3 Å². The monoisotopic (exact) mass is 295 g/mol. The number of thiazole rings is 1. The fourth-order valence-corrected chi connectivity index (χ4v) is 3.56. The Bertz CT molecular complexity index is 576. The Kier molecular flexibility index (Phi) is 4.55. The quantitative estimate of drug-likeness (QED) is 0.492. The zero-order valence-corrected chi connectivity index (χ0v) is 12.2. The Balaban J connectivity index is 2.03. The van der Waals surface area contributed by atoms with E-state index in [1.54, 1.807) is 13.8 Å². The summed E-state index contributed by atoms with van der Waals surface area (Å²) in [6, 6.07) is 7.79. The molecule has 100 valence electrons. The molecule has 19 heavy (non-hydrogen) atoms. The van der Waals surface area contributed by atoms with E-state index in [4.69, 9.17) is 0 Å². The molecule has 0 saturated heterocycles. The van der Waals surface area contributed by atoms with Gasteiger partial charge in [-0.15, -0.1) is 11.3 Å². The first kappa shape index (κ1) is 14.0. The number of para-hydroxylation sites is 1. The van der Waals surface area contributed by atoms with Crippen LogP contribution in [0.4, 0.5) is 0 Å². The summed E-state index contributed by atoms with van der Waals surface area (Å²) >= 11 is 2.84. The molecule has 1 atom stereocenters. The van der Waals surface area contributed by atoms with Crippen molar-refractivity contribution in [1.29, 1.82) is 0 Å². The minimum absolute atomic E-state index is 0.199. The smallest absolute Gasteiger partial charge is 0.326 e. The third kappa shape index (κ3) is 3.54. The highest BCUT2D eigenvalue weighted by Gasteiger charge is 2.20. The van der Waals surface area contributed by atoms with E-state index in [9.17, 15) is 9.59 Å². The fraction of sp³-hybridized carbons (Fsp3) is 0.308. The minimum atomic E-state index is -0.517. The van der Waals surface area contributed by atoms with Crippen LogP contribution in [0.25, 0.3) is 10.2 Å². The second-order valence-corrected chi connectivity index (χ2v) is 6.47. The Morgan fingerprint density at radius 3 is 2.84 bits per heavy atom. The van der Waals surface area contributed by atoms with Gasteiger partial charge in [0, 0.05) is 6.42 Å². The lowest BCUT2D eigenvalue weighted by atomic mass is 10.3. The Hall–Kier alpha value is -1.40. The van der Waals surface area contributed by atoms with Crippen molar-refractivity contribution in [2.75, 3.05) is 0 Å². The number of fused-ring (bicyclic) bond motifs is 1. The van der Waals surface area contributed by atoms with Gasteiger partial charge in [-0.05, 0) is 19.1 Å². The summed E-state index contributed by atoms with van der Waals surface area (Å²) in [4.78, 5) is 27.1. The van der Waals surface area contributed by atoms with Gasteiger partial charge >= 0.3 is 11.9 Å². The van der Waals surface area contributed by atoms with Crippen molar-refractivity contribution in [2.24, 2.45) is 0 Å². The van der Waals surface area contributed by atoms with Crippen LogP contribution in [0.2, 0.25) is 0 Å². The van der Waals surface area contributed by atoms with E-state index in [1.807, 2.05) is 24.3 Å². The van der Waals surface area contributed by atoms with Crippen molar-refractivity contribution >= 4 is 45.3 Å². The van der Waals surface area contributed by atoms with Gasteiger partial charge in [-0.25, -0.2) is 4.98 Å². The van der Waals surface area contributed by atoms with Gasteiger partial charge in [0.1, 0.15) is 5.25 Å². The third-order valence-corrected chi connectivity index (χ3v) is 4.60. The highest BCUT2D eigenvalue weighted by molar-refractivity contribution is 8.02. The van der Waals surface area contributed by atoms with Crippen molar-refractivity contribution in [1.82, 2.24) is 4.98 Å². The van der Waals surface area contributed by atoms with Gasteiger partial charge < -0.3 is 4.74 Å². The molecule has 0 bridgehead atoms. The maximum absolute atomic E-state index is 11.6. The summed E-state index contributed by atoms with van der Waals surface area (Å²) in [5, 5.41) is -0.448. The van der Waals surface area contributed by atoms with Crippen molar-refractivity contribution in [3.05, 3.63) is 24.3 Å². The van der Waals surface area contributed by atoms with E-state index in [0.29, 0.717) is 0 Å². The lowest BCUT2D eigenvalue weighted by Gasteiger charge is -2.07. The van der Waals surface area contributed by atoms with Crippen LogP contribution in [0.3, 0.4) is 0 Å². The predicted molar refractivity (Wildman–Crippen MR) is 76.3 cm³/mol. The molecule has 0 aliphatic rings. The predicted octanol–water partition coefficient (Wildman–Crippen LogP) is 3.26. The summed E-state index contributed by atoms with van der Waals surface area (Å²) in [5.41, 5.74) is 0.917. The lowest BCUT2D eigenvalue weighted by molar-refractivity contribution is -0.158. The van der Waals surface area contributed by atoms with Gasteiger partial charge in [-0.3, -0.25) is 9.59 Å². The summed E-state index contributed by atoms with van der Waals surface area (Å²) in [6.07, 6.45) is 0.199. The van der Waals surface area contributed by atoms with Gasteiger partial charge in [0.2, 0.25) is 0 Å². The average molecular weight is 295 g/mol. The number of thioether (sulfide) groups is 1. The first-order valence-corrected chi connectivity index (χ1v) is 7.56. The van der Waals surface area contributed by atoms with Crippen LogP contribution >= 0.6 is 23.1 Å². The third-order valence-electron chi connectivity index (χ3n) is 2.39. The molecule has 0 N–H and O–H groups in total. The van der Waals surface area contributed by atoms with Gasteiger partial charge in [0.25, 0.3) is 0 Å². The van der Waals surface area contributed by atoms with E-state index < -0.39 is 17.2 Å². The number of aromatic nitrogens is 1. The molecular formula is C13H13NO3S2. The first-order valence-electron chi connectivity index (χ1n) is 5.87. The molecular weight excluding hydrogens is 282 g/mol. The number of rotatable bonds is 4. The Morgan fingerprint density at radius 1 is 1.42 bits per heavy atom. The molecule has 1 aromatic heterocycles. The fourth-order valence-electron chi connectivity index (χ4n) is 1.37. The van der Waals surface area contributed by atoms with E-state index in [0.717, 1.165) is 14.6 Å². The number of nitrogens with zero attached hydrogens (tertiary/aromatic N) is 1. The maximum Gasteiger partial charge on any atom is 0.326 e. The zero-order valence-electron chi connectivity index (χ0n) is 10.6. The number of carbonyl (C=O) groups is 2. The summed E-state index contributed by atoms with van der Waals surface area (Å²) in [5.74, 6) is -1.02. The van der Waals surface area contributed by atoms with Crippen LogP contribution < -0.4 is 0 Å². The van der Waals surface area contributed by atoms with Crippen molar-refractivity contribution in [2.45, 2.75) is 29.9 Å². The number of hydrogen-bond donors (Lipinski definition) is 0. The SMILES string of the molecule is CCC(=O)OC(=O)C(C)Sc1nc2ccccc2s1. The Labute approximate surface area is 119 Å². The van der Waals surface area contributed by atoms with Crippen LogP contribution in [-0.4, -0.2) is 22.2 Å². The molecule has 0 fully saturated rings. The zero-order chi connectivity index (χ0) is 13.8. The number of esters is 2. The van der Waals surface area contributed by atoms with Crippen LogP contribution in [0.1, 0.15) is 20.3 Å². The number of benzene rings is 1. The lowest BCUT2D eigenvalue weighted by Crippen LogP contribution is -2.20. The molecule has 0 aliphatic carbocycles. The maximum atomic E-state index is 11.6. The second kappa shape index (κ2) is 6.16. The molecule has 4 nitrogen and oxygen atoms in total. The average Bonchev–Trinajstić information content (AvgIpc) is 2.80. The number of carbonyl (C=O) groups excluding carboxylic acids is 2. The molecule has 6 heteroatoms. The van der Waals surface area contributed by atoms with Crippen LogP contribution in [0.15, 0.2) is 28.6 Å². The van der Waals surface area contributed by atoms with Gasteiger partial charge in [0.05, 0.1) is 10.2 Å². The molecule has 1 heterocycles. The molecule has 0 radical (unpaired) electrons. The molecule has 0 spiro atoms. The minimum Gasteiger partial charge on any atom is -0.392 e. The van der Waals surface area contributed by atoms with Crippen LogP contribution in [-0.2, 0) is 14.3 Å². The highest BCUT2D eigenvalue weighted by atomic mass is 32.2. The molecule has 0 amide bonds. The molecule has 1 unspecified atom stereocenters. The number of ether oxygens (including phenoxy) is 1. The molecule has 0 aliphatic heterocycles. The summed E-state index contributed by atoms with van der Waals surface area (Å²) in [7, 11) is 0. The van der Waals surface area contributed by atoms with Crippen LogP contribution in [0.5, 0.6) is 0 Å². The van der Waals surface area contributed by atoms with E-state index in [2.05, 4.69) is 9.72 Å². The first-order chi connectivity index (χ1) is 9.10. The molecule has 0 saturated carbocycles. The largest absolute Gasteiger partial charge is 0.392 e. The molecule has 2 aromatic rings. The second-order valence-electron chi connectivity index (χ2n) is 3.85.